The molecule has 0 radical (unpaired) electrons. The van der Waals surface area contributed by atoms with Crippen LogP contribution in [0.5, 0.6) is 0 Å². The van der Waals surface area contributed by atoms with Gasteiger partial charge in [0, 0.05) is 15.9 Å². The summed E-state index contributed by atoms with van der Waals surface area (Å²) in [7, 11) is 0. The van der Waals surface area contributed by atoms with Crippen molar-refractivity contribution < 1.29 is 4.79 Å². The second kappa shape index (κ2) is 6.02. The van der Waals surface area contributed by atoms with E-state index in [1.807, 2.05) is 17.7 Å². The average Bonchev–Trinajstić information content (AvgIpc) is 3.13. The first-order valence-electron chi connectivity index (χ1n) is 6.88. The van der Waals surface area contributed by atoms with Crippen molar-refractivity contribution in [1.29, 1.82) is 0 Å². The van der Waals surface area contributed by atoms with Gasteiger partial charge in [-0.2, -0.15) is 5.10 Å². The molecule has 110 valence electrons. The molecule has 0 fully saturated rings. The molecular formula is C15H15BrN2OS2. The van der Waals surface area contributed by atoms with Crippen molar-refractivity contribution in [2.75, 3.05) is 0 Å². The lowest BCUT2D eigenvalue weighted by molar-refractivity contribution is 0.0994. The fraction of sp³-hybridized carbons (Fsp3) is 0.333. The van der Waals surface area contributed by atoms with E-state index in [2.05, 4.69) is 39.4 Å². The largest absolute Gasteiger partial charge is 0.293 e. The van der Waals surface area contributed by atoms with Crippen molar-refractivity contribution in [1.82, 2.24) is 9.78 Å². The van der Waals surface area contributed by atoms with Gasteiger partial charge in [-0.15, -0.1) is 22.7 Å². The van der Waals surface area contributed by atoms with E-state index in [4.69, 9.17) is 0 Å². The molecule has 21 heavy (non-hydrogen) atoms. The van der Waals surface area contributed by atoms with Crippen molar-refractivity contribution in [3.63, 3.8) is 0 Å². The number of aromatic nitrogens is 2. The summed E-state index contributed by atoms with van der Waals surface area (Å²) in [6, 6.07) is 4.08. The van der Waals surface area contributed by atoms with E-state index in [0.29, 0.717) is 6.42 Å². The van der Waals surface area contributed by atoms with E-state index >= 15 is 0 Å². The van der Waals surface area contributed by atoms with Crippen LogP contribution in [0.3, 0.4) is 0 Å². The molecule has 3 heterocycles. The Hall–Kier alpha value is -0.980. The van der Waals surface area contributed by atoms with Crippen molar-refractivity contribution in [2.24, 2.45) is 0 Å². The van der Waals surface area contributed by atoms with E-state index in [-0.39, 0.29) is 5.78 Å². The summed E-state index contributed by atoms with van der Waals surface area (Å²) in [5.41, 5.74) is 2.00. The van der Waals surface area contributed by atoms with Gasteiger partial charge in [-0.25, -0.2) is 0 Å². The number of hydrogen-bond donors (Lipinski definition) is 0. The zero-order valence-corrected chi connectivity index (χ0v) is 15.1. The van der Waals surface area contributed by atoms with Crippen molar-refractivity contribution in [3.05, 3.63) is 38.3 Å². The smallest absolute Gasteiger partial charge is 0.178 e. The predicted octanol–water partition coefficient (Wildman–Crippen LogP) is 4.93. The number of ketones is 1. The highest BCUT2D eigenvalue weighted by atomic mass is 79.9. The Kier molecular flexibility index (Phi) is 4.28. The number of nitrogens with zero attached hydrogens (tertiary/aromatic N) is 2. The molecule has 6 heteroatoms. The third-order valence-electron chi connectivity index (χ3n) is 3.44. The first-order chi connectivity index (χ1) is 10.1. The summed E-state index contributed by atoms with van der Waals surface area (Å²) in [4.78, 5) is 13.4. The molecule has 0 saturated heterocycles. The van der Waals surface area contributed by atoms with E-state index in [1.54, 1.807) is 22.7 Å². The Labute approximate surface area is 139 Å². The number of carbonyl (C=O) groups excluding carboxylic acids is 1. The van der Waals surface area contributed by atoms with Gasteiger partial charge in [-0.3, -0.25) is 9.48 Å². The number of halogens is 1. The standard InChI is InChI=1S/C15H15BrN2OS2/c1-3-9-15(16)10(18(4-2)17-9)7-11(19)13-8-14-12(21-13)5-6-20-14/h5-6,8H,3-4,7H2,1-2H3. The normalized spacial score (nSPS) is 11.4. The summed E-state index contributed by atoms with van der Waals surface area (Å²) >= 11 is 6.86. The molecule has 3 aromatic heterocycles. The molecule has 0 aliphatic carbocycles. The van der Waals surface area contributed by atoms with Gasteiger partial charge in [0.1, 0.15) is 0 Å². The molecule has 0 spiro atoms. The maximum Gasteiger partial charge on any atom is 0.178 e. The third kappa shape index (κ3) is 2.72. The fourth-order valence-corrected chi connectivity index (χ4v) is 5.08. The Morgan fingerprint density at radius 2 is 2.19 bits per heavy atom. The maximum absolute atomic E-state index is 12.6. The molecule has 3 rings (SSSR count). The molecule has 0 amide bonds. The molecule has 0 bridgehead atoms. The molecule has 0 aliphatic heterocycles. The highest BCUT2D eigenvalue weighted by Crippen LogP contribution is 2.31. The molecule has 0 aliphatic rings. The molecule has 0 unspecified atom stereocenters. The van der Waals surface area contributed by atoms with Crippen molar-refractivity contribution in [2.45, 2.75) is 33.2 Å². The van der Waals surface area contributed by atoms with Gasteiger partial charge in [-0.05, 0) is 46.8 Å². The van der Waals surface area contributed by atoms with Crippen LogP contribution >= 0.6 is 38.6 Å². The van der Waals surface area contributed by atoms with Crippen LogP contribution in [0.25, 0.3) is 9.40 Å². The number of Topliss-reactive ketones (excluding diaryl/α,β-unsaturated/α-hetero) is 1. The van der Waals surface area contributed by atoms with Crippen LogP contribution in [0.2, 0.25) is 0 Å². The number of rotatable bonds is 5. The Balaban J connectivity index is 1.90. The fourth-order valence-electron chi connectivity index (χ4n) is 2.33. The van der Waals surface area contributed by atoms with E-state index in [1.165, 1.54) is 9.40 Å². The Morgan fingerprint density at radius 1 is 1.38 bits per heavy atom. The first-order valence-corrected chi connectivity index (χ1v) is 9.37. The van der Waals surface area contributed by atoms with Crippen LogP contribution in [-0.4, -0.2) is 15.6 Å². The van der Waals surface area contributed by atoms with E-state index in [9.17, 15) is 4.79 Å². The van der Waals surface area contributed by atoms with Gasteiger partial charge in [0.05, 0.1) is 27.2 Å². The maximum atomic E-state index is 12.6. The minimum Gasteiger partial charge on any atom is -0.293 e. The lowest BCUT2D eigenvalue weighted by atomic mass is 10.1. The summed E-state index contributed by atoms with van der Waals surface area (Å²) in [6.07, 6.45) is 1.26. The summed E-state index contributed by atoms with van der Waals surface area (Å²) in [5.74, 6) is 0.168. The van der Waals surface area contributed by atoms with Crippen molar-refractivity contribution in [3.8, 4) is 0 Å². The van der Waals surface area contributed by atoms with Crippen LogP contribution in [-0.2, 0) is 19.4 Å². The van der Waals surface area contributed by atoms with E-state index in [0.717, 1.165) is 33.7 Å². The Bertz CT molecular complexity index is 771. The highest BCUT2D eigenvalue weighted by Gasteiger charge is 2.19. The molecule has 0 saturated carbocycles. The van der Waals surface area contributed by atoms with Gasteiger partial charge in [0.25, 0.3) is 0 Å². The van der Waals surface area contributed by atoms with Crippen LogP contribution < -0.4 is 0 Å². The van der Waals surface area contributed by atoms with Gasteiger partial charge in [0.2, 0.25) is 0 Å². The summed E-state index contributed by atoms with van der Waals surface area (Å²) in [5, 5.41) is 6.61. The molecule has 0 N–H and O–H groups in total. The van der Waals surface area contributed by atoms with Gasteiger partial charge in [-0.1, -0.05) is 6.92 Å². The number of hydrogen-bond acceptors (Lipinski definition) is 4. The van der Waals surface area contributed by atoms with Crippen LogP contribution in [0.1, 0.15) is 34.9 Å². The predicted molar refractivity (Wildman–Crippen MR) is 92.7 cm³/mol. The minimum absolute atomic E-state index is 0.168. The zero-order chi connectivity index (χ0) is 15.0. The molecule has 0 aromatic carbocycles. The number of aryl methyl sites for hydroxylation is 2. The average molecular weight is 383 g/mol. The quantitative estimate of drug-likeness (QED) is 0.586. The zero-order valence-electron chi connectivity index (χ0n) is 11.9. The van der Waals surface area contributed by atoms with E-state index < -0.39 is 0 Å². The van der Waals surface area contributed by atoms with Gasteiger partial charge < -0.3 is 0 Å². The monoisotopic (exact) mass is 382 g/mol. The van der Waals surface area contributed by atoms with Gasteiger partial charge in [0.15, 0.2) is 5.78 Å². The minimum atomic E-state index is 0.168. The Morgan fingerprint density at radius 3 is 2.86 bits per heavy atom. The molecule has 0 atom stereocenters. The second-order valence-electron chi connectivity index (χ2n) is 4.74. The summed E-state index contributed by atoms with van der Waals surface area (Å²) in [6.45, 7) is 4.90. The number of thiophene rings is 2. The first kappa shape index (κ1) is 14.9. The molecule has 3 nitrogen and oxygen atoms in total. The van der Waals surface area contributed by atoms with Crippen LogP contribution in [0.15, 0.2) is 22.0 Å². The second-order valence-corrected chi connectivity index (χ2v) is 7.56. The van der Waals surface area contributed by atoms with Crippen LogP contribution in [0, 0.1) is 0 Å². The highest BCUT2D eigenvalue weighted by molar-refractivity contribution is 9.10. The number of fused-ring (bicyclic) bond motifs is 1. The lowest BCUT2D eigenvalue weighted by Crippen LogP contribution is -2.09. The lowest BCUT2D eigenvalue weighted by Gasteiger charge is -2.03. The van der Waals surface area contributed by atoms with Gasteiger partial charge >= 0.3 is 0 Å². The number of carbonyl (C=O) groups is 1. The van der Waals surface area contributed by atoms with Crippen LogP contribution in [0.4, 0.5) is 0 Å². The SMILES string of the molecule is CCc1nn(CC)c(CC(=O)c2cc3sccc3s2)c1Br. The summed E-state index contributed by atoms with van der Waals surface area (Å²) < 4.78 is 5.30. The third-order valence-corrected chi connectivity index (χ3v) is 6.49. The van der Waals surface area contributed by atoms with Crippen molar-refractivity contribution >= 4 is 53.8 Å². The topological polar surface area (TPSA) is 34.9 Å². The molecular weight excluding hydrogens is 368 g/mol. The molecule has 3 aromatic rings.